The van der Waals surface area contributed by atoms with Gasteiger partial charge in [-0.2, -0.15) is 0 Å². The largest absolute Gasteiger partial charge is 0.466 e. The van der Waals surface area contributed by atoms with Gasteiger partial charge in [-0.1, -0.05) is 0 Å². The number of nitrogens with one attached hydrogen (secondary N) is 2. The van der Waals surface area contributed by atoms with Crippen LogP contribution in [0.4, 0.5) is 0 Å². The van der Waals surface area contributed by atoms with Crippen LogP contribution < -0.4 is 10.6 Å². The lowest BCUT2D eigenvalue weighted by molar-refractivity contribution is 0.0437. The smallest absolute Gasteiger partial charge is 0.191 e. The average molecular weight is 477 g/mol. The lowest BCUT2D eigenvalue weighted by atomic mass is 10.0. The fraction of sp³-hybridized carbons (Fsp3) is 0.500. The van der Waals surface area contributed by atoms with Crippen LogP contribution in [0.15, 0.2) is 39.9 Å². The summed E-state index contributed by atoms with van der Waals surface area (Å²) < 4.78 is 5.29. The standard InChI is InChI=1S/C18H27N3O2S.HI/c1-5-19-17(20-12-18(4,22)16-7-6-10-23-16)21-13(2)11-15-9-8-14(3)24-15;/h6-10,13,22H,5,11-12H2,1-4H3,(H2,19,20,21);1H. The van der Waals surface area contributed by atoms with Gasteiger partial charge in [-0.05, 0) is 52.0 Å². The topological polar surface area (TPSA) is 69.8 Å². The molecule has 3 N–H and O–H groups in total. The Hall–Kier alpha value is -1.06. The van der Waals surface area contributed by atoms with E-state index in [1.807, 2.05) is 18.3 Å². The molecular weight excluding hydrogens is 449 g/mol. The molecule has 0 aliphatic rings. The molecule has 0 fully saturated rings. The Morgan fingerprint density at radius 1 is 1.40 bits per heavy atom. The monoisotopic (exact) mass is 477 g/mol. The van der Waals surface area contributed by atoms with Gasteiger partial charge in [0.15, 0.2) is 5.96 Å². The molecule has 0 radical (unpaired) electrons. The van der Waals surface area contributed by atoms with E-state index in [0.29, 0.717) is 11.7 Å². The maximum Gasteiger partial charge on any atom is 0.191 e. The first-order valence-electron chi connectivity index (χ1n) is 8.27. The van der Waals surface area contributed by atoms with Gasteiger partial charge in [-0.3, -0.25) is 0 Å². The Morgan fingerprint density at radius 3 is 2.72 bits per heavy atom. The van der Waals surface area contributed by atoms with Gasteiger partial charge >= 0.3 is 0 Å². The van der Waals surface area contributed by atoms with E-state index in [2.05, 4.69) is 41.6 Å². The highest BCUT2D eigenvalue weighted by Crippen LogP contribution is 2.21. The minimum atomic E-state index is -1.13. The van der Waals surface area contributed by atoms with Crippen LogP contribution in [0.1, 0.15) is 36.3 Å². The van der Waals surface area contributed by atoms with Crippen LogP contribution in [-0.4, -0.2) is 30.2 Å². The van der Waals surface area contributed by atoms with Gasteiger partial charge in [0.25, 0.3) is 0 Å². The van der Waals surface area contributed by atoms with E-state index in [1.165, 1.54) is 9.75 Å². The van der Waals surface area contributed by atoms with E-state index in [4.69, 9.17) is 4.42 Å². The maximum absolute atomic E-state index is 10.5. The number of aryl methyl sites for hydroxylation is 1. The summed E-state index contributed by atoms with van der Waals surface area (Å²) >= 11 is 1.82. The summed E-state index contributed by atoms with van der Waals surface area (Å²) in [6.45, 7) is 8.97. The molecule has 2 unspecified atom stereocenters. The van der Waals surface area contributed by atoms with Gasteiger partial charge in [-0.15, -0.1) is 35.3 Å². The molecule has 0 spiro atoms. The third-order valence-corrected chi connectivity index (χ3v) is 4.65. The predicted octanol–water partition coefficient (Wildman–Crippen LogP) is 3.66. The minimum absolute atomic E-state index is 0. The summed E-state index contributed by atoms with van der Waals surface area (Å²) in [4.78, 5) is 7.19. The molecule has 0 bridgehead atoms. The number of hydrogen-bond acceptors (Lipinski definition) is 4. The molecule has 0 aliphatic carbocycles. The number of thiophene rings is 1. The Balaban J connectivity index is 0.00000312. The van der Waals surface area contributed by atoms with Crippen molar-refractivity contribution in [2.24, 2.45) is 4.99 Å². The quantitative estimate of drug-likeness (QED) is 0.324. The normalized spacial score (nSPS) is 15.2. The van der Waals surface area contributed by atoms with Gasteiger partial charge in [0.05, 0.1) is 12.8 Å². The van der Waals surface area contributed by atoms with Crippen LogP contribution >= 0.6 is 35.3 Å². The van der Waals surface area contributed by atoms with Crippen molar-refractivity contribution < 1.29 is 9.52 Å². The number of guanidine groups is 1. The van der Waals surface area contributed by atoms with Gasteiger partial charge < -0.3 is 20.2 Å². The molecule has 140 valence electrons. The number of aliphatic imine (C=N–C) groups is 1. The molecule has 2 rings (SSSR count). The van der Waals surface area contributed by atoms with Crippen LogP contribution in [0, 0.1) is 6.92 Å². The SMILES string of the molecule is CCNC(=NCC(C)(O)c1ccco1)NC(C)Cc1ccc(C)s1.I. The highest BCUT2D eigenvalue weighted by atomic mass is 127. The zero-order valence-corrected chi connectivity index (χ0v) is 18.4. The molecule has 0 saturated carbocycles. The summed E-state index contributed by atoms with van der Waals surface area (Å²) in [5.74, 6) is 1.22. The summed E-state index contributed by atoms with van der Waals surface area (Å²) in [7, 11) is 0. The van der Waals surface area contributed by atoms with Crippen molar-refractivity contribution in [2.45, 2.75) is 45.8 Å². The molecule has 2 heterocycles. The number of rotatable bonds is 7. The summed E-state index contributed by atoms with van der Waals surface area (Å²) in [6.07, 6.45) is 2.50. The number of halogens is 1. The van der Waals surface area contributed by atoms with Gasteiger partial charge in [0, 0.05) is 28.8 Å². The Morgan fingerprint density at radius 2 is 2.16 bits per heavy atom. The number of hydrogen-bond donors (Lipinski definition) is 3. The van der Waals surface area contributed by atoms with Crippen molar-refractivity contribution in [3.63, 3.8) is 0 Å². The predicted molar refractivity (Wildman–Crippen MR) is 115 cm³/mol. The molecule has 25 heavy (non-hydrogen) atoms. The number of aliphatic hydroxyl groups is 1. The van der Waals surface area contributed by atoms with Crippen LogP contribution in [0.25, 0.3) is 0 Å². The Labute approximate surface area is 171 Å². The third-order valence-electron chi connectivity index (χ3n) is 3.63. The molecule has 2 aromatic heterocycles. The highest BCUT2D eigenvalue weighted by Gasteiger charge is 2.26. The molecular formula is C18H28IN3O2S. The van der Waals surface area contributed by atoms with E-state index in [9.17, 15) is 5.11 Å². The van der Waals surface area contributed by atoms with E-state index < -0.39 is 5.60 Å². The maximum atomic E-state index is 10.5. The van der Waals surface area contributed by atoms with E-state index in [-0.39, 0.29) is 36.6 Å². The first-order valence-corrected chi connectivity index (χ1v) is 9.09. The summed E-state index contributed by atoms with van der Waals surface area (Å²) in [6, 6.07) is 8.09. The molecule has 0 saturated heterocycles. The van der Waals surface area contributed by atoms with Crippen molar-refractivity contribution in [3.8, 4) is 0 Å². The average Bonchev–Trinajstić information content (AvgIpc) is 3.17. The van der Waals surface area contributed by atoms with Crippen molar-refractivity contribution in [3.05, 3.63) is 46.0 Å². The lowest BCUT2D eigenvalue weighted by Crippen LogP contribution is -2.43. The van der Waals surface area contributed by atoms with Crippen LogP contribution in [0.2, 0.25) is 0 Å². The number of nitrogens with zero attached hydrogens (tertiary/aromatic N) is 1. The van der Waals surface area contributed by atoms with Crippen LogP contribution in [-0.2, 0) is 12.0 Å². The summed E-state index contributed by atoms with van der Waals surface area (Å²) in [5.41, 5.74) is -1.13. The molecule has 5 nitrogen and oxygen atoms in total. The second-order valence-electron chi connectivity index (χ2n) is 6.21. The molecule has 7 heteroatoms. The second-order valence-corrected chi connectivity index (χ2v) is 7.58. The Bertz CT molecular complexity index is 653. The Kier molecular flexibility index (Phi) is 8.95. The highest BCUT2D eigenvalue weighted by molar-refractivity contribution is 14.0. The zero-order valence-electron chi connectivity index (χ0n) is 15.2. The van der Waals surface area contributed by atoms with E-state index in [0.717, 1.165) is 13.0 Å². The zero-order chi connectivity index (χ0) is 17.6. The first kappa shape index (κ1) is 22.0. The fourth-order valence-electron chi connectivity index (χ4n) is 2.40. The van der Waals surface area contributed by atoms with E-state index in [1.54, 1.807) is 25.3 Å². The second kappa shape index (κ2) is 10.2. The number of furan rings is 1. The summed E-state index contributed by atoms with van der Waals surface area (Å²) in [5, 5.41) is 17.1. The molecule has 2 aromatic rings. The van der Waals surface area contributed by atoms with Crippen molar-refractivity contribution in [1.29, 1.82) is 0 Å². The van der Waals surface area contributed by atoms with Crippen LogP contribution in [0.3, 0.4) is 0 Å². The van der Waals surface area contributed by atoms with Gasteiger partial charge in [0.2, 0.25) is 0 Å². The molecule has 2 atom stereocenters. The van der Waals surface area contributed by atoms with Crippen molar-refractivity contribution >= 4 is 41.3 Å². The van der Waals surface area contributed by atoms with Crippen molar-refractivity contribution in [1.82, 2.24) is 10.6 Å². The molecule has 0 aromatic carbocycles. The van der Waals surface area contributed by atoms with Crippen LogP contribution in [0.5, 0.6) is 0 Å². The first-order chi connectivity index (χ1) is 11.4. The lowest BCUT2D eigenvalue weighted by Gasteiger charge is -2.21. The van der Waals surface area contributed by atoms with Gasteiger partial charge in [0.1, 0.15) is 11.4 Å². The third kappa shape index (κ3) is 6.99. The molecule has 0 aliphatic heterocycles. The van der Waals surface area contributed by atoms with Gasteiger partial charge in [-0.25, -0.2) is 4.99 Å². The van der Waals surface area contributed by atoms with Crippen molar-refractivity contribution in [2.75, 3.05) is 13.1 Å². The minimum Gasteiger partial charge on any atom is -0.466 e. The van der Waals surface area contributed by atoms with E-state index >= 15 is 0 Å². The fourth-order valence-corrected chi connectivity index (χ4v) is 3.42. The molecule has 0 amide bonds.